The lowest BCUT2D eigenvalue weighted by Crippen LogP contribution is -2.21. The van der Waals surface area contributed by atoms with Crippen molar-refractivity contribution >= 4 is 17.7 Å². The number of anilines is 1. The van der Waals surface area contributed by atoms with Gasteiger partial charge in [-0.15, -0.1) is 0 Å². The van der Waals surface area contributed by atoms with Crippen molar-refractivity contribution in [1.82, 2.24) is 24.7 Å². The molecule has 0 aliphatic rings. The van der Waals surface area contributed by atoms with Gasteiger partial charge in [0.25, 0.3) is 5.95 Å². The number of nitrogens with one attached hydrogen (secondary N) is 1. The normalized spacial score (nSPS) is 10.8. The first-order chi connectivity index (χ1) is 14.4. The highest BCUT2D eigenvalue weighted by atomic mass is 19.4. The number of halogens is 3. The number of pyridine rings is 1. The van der Waals surface area contributed by atoms with Gasteiger partial charge in [0.2, 0.25) is 5.91 Å². The highest BCUT2D eigenvalue weighted by Crippen LogP contribution is 2.23. The molecule has 10 nitrogen and oxygen atoms in total. The van der Waals surface area contributed by atoms with Crippen LogP contribution in [-0.2, 0) is 9.59 Å². The molecule has 0 unspecified atom stereocenters. The van der Waals surface area contributed by atoms with E-state index in [2.05, 4.69) is 25.4 Å². The van der Waals surface area contributed by atoms with E-state index in [0.717, 1.165) is 11.4 Å². The summed E-state index contributed by atoms with van der Waals surface area (Å²) < 4.78 is 33.3. The number of aliphatic carboxylic acids is 1. The lowest BCUT2D eigenvalue weighted by Gasteiger charge is -2.09. The molecule has 3 aromatic heterocycles. The molecule has 3 rings (SSSR count). The van der Waals surface area contributed by atoms with Crippen LogP contribution < -0.4 is 5.32 Å². The fraction of sp³-hybridized carbons (Fsp3) is 0.222. The lowest BCUT2D eigenvalue weighted by molar-refractivity contribution is -0.192. The predicted molar refractivity (Wildman–Crippen MR) is 102 cm³/mol. The van der Waals surface area contributed by atoms with Crippen molar-refractivity contribution in [2.24, 2.45) is 0 Å². The summed E-state index contributed by atoms with van der Waals surface area (Å²) in [6, 6.07) is 5.06. The number of carbonyl (C=O) groups excluding carboxylic acids is 1. The Kier molecular flexibility index (Phi) is 6.89. The molecule has 0 aromatic carbocycles. The maximum Gasteiger partial charge on any atom is 0.490 e. The number of alkyl halides is 3. The van der Waals surface area contributed by atoms with E-state index in [1.54, 1.807) is 16.9 Å². The number of aryl methyl sites for hydroxylation is 2. The van der Waals surface area contributed by atoms with Crippen LogP contribution in [0.15, 0.2) is 30.6 Å². The molecule has 0 fully saturated rings. The second-order valence-electron chi connectivity index (χ2n) is 6.19. The van der Waals surface area contributed by atoms with Crippen LogP contribution >= 0.6 is 0 Å². The van der Waals surface area contributed by atoms with Crippen LogP contribution in [0.1, 0.15) is 18.3 Å². The Morgan fingerprint density at radius 2 is 1.74 bits per heavy atom. The van der Waals surface area contributed by atoms with Gasteiger partial charge in [-0.2, -0.15) is 23.3 Å². The summed E-state index contributed by atoms with van der Waals surface area (Å²) in [6.07, 6.45) is -2.17. The molecule has 0 spiro atoms. The Morgan fingerprint density at radius 1 is 1.10 bits per heavy atom. The van der Waals surface area contributed by atoms with Gasteiger partial charge < -0.3 is 15.5 Å². The van der Waals surface area contributed by atoms with Crippen molar-refractivity contribution in [2.45, 2.75) is 26.9 Å². The van der Waals surface area contributed by atoms with Crippen LogP contribution in [-0.4, -0.2) is 53.0 Å². The summed E-state index contributed by atoms with van der Waals surface area (Å²) in [5.74, 6) is -2.30. The quantitative estimate of drug-likeness (QED) is 0.566. The van der Waals surface area contributed by atoms with E-state index in [4.69, 9.17) is 9.90 Å². The summed E-state index contributed by atoms with van der Waals surface area (Å²) in [6.45, 7) is 5.17. The van der Waals surface area contributed by atoms with Gasteiger partial charge in [0.1, 0.15) is 11.6 Å². The number of aromatic hydroxyl groups is 1. The molecule has 3 aromatic rings. The lowest BCUT2D eigenvalue weighted by atomic mass is 10.2. The fourth-order valence-electron chi connectivity index (χ4n) is 2.32. The molecule has 0 radical (unpaired) electrons. The Balaban J connectivity index is 0.000000423. The number of amides is 1. The Morgan fingerprint density at radius 3 is 2.23 bits per heavy atom. The van der Waals surface area contributed by atoms with Gasteiger partial charge in [0.05, 0.1) is 17.6 Å². The van der Waals surface area contributed by atoms with Crippen molar-refractivity contribution in [2.75, 3.05) is 5.32 Å². The Hall–Kier alpha value is -4.03. The molecule has 31 heavy (non-hydrogen) atoms. The van der Waals surface area contributed by atoms with Gasteiger partial charge in [0, 0.05) is 30.4 Å². The number of aromatic nitrogens is 5. The zero-order valence-electron chi connectivity index (χ0n) is 16.5. The molecule has 3 heterocycles. The number of carbonyl (C=O) groups is 2. The van der Waals surface area contributed by atoms with Crippen LogP contribution in [0.4, 0.5) is 19.0 Å². The molecular weight excluding hydrogens is 421 g/mol. The molecular formula is C18H17F3N6O4. The second kappa shape index (κ2) is 9.19. The maximum absolute atomic E-state index is 11.4. The first-order valence-corrected chi connectivity index (χ1v) is 8.51. The Bertz CT molecular complexity index is 1110. The third kappa shape index (κ3) is 6.48. The standard InChI is InChI=1S/C16H16N6O2.C2HF3O2/c1-9-4-10(2)22(21-9)16-19-14(6-15(20-16)18-11(3)23)12-5-13(24)8-17-7-12;3-2(4,5)1(6)7/h4-8,24H,1-3H3,(H,18,19,20,23);(H,6,7). The maximum atomic E-state index is 11.4. The summed E-state index contributed by atoms with van der Waals surface area (Å²) >= 11 is 0. The number of hydrogen-bond acceptors (Lipinski definition) is 7. The number of carboxylic acids is 1. The van der Waals surface area contributed by atoms with Crippen molar-refractivity contribution in [3.8, 4) is 23.0 Å². The zero-order chi connectivity index (χ0) is 23.3. The minimum absolute atomic E-state index is 0.0276. The average Bonchev–Trinajstić information content (AvgIpc) is 2.99. The molecule has 13 heteroatoms. The van der Waals surface area contributed by atoms with Crippen LogP contribution in [0.3, 0.4) is 0 Å². The van der Waals surface area contributed by atoms with E-state index < -0.39 is 12.1 Å². The van der Waals surface area contributed by atoms with E-state index in [0.29, 0.717) is 23.0 Å². The number of carboxylic acid groups (broad SMARTS) is 1. The zero-order valence-corrected chi connectivity index (χ0v) is 16.5. The van der Waals surface area contributed by atoms with Crippen molar-refractivity contribution in [1.29, 1.82) is 0 Å². The van der Waals surface area contributed by atoms with Gasteiger partial charge in [-0.05, 0) is 26.0 Å². The summed E-state index contributed by atoms with van der Waals surface area (Å²) in [7, 11) is 0. The van der Waals surface area contributed by atoms with E-state index in [1.807, 2.05) is 19.9 Å². The predicted octanol–water partition coefficient (Wildman–Crippen LogP) is 2.64. The molecule has 164 valence electrons. The smallest absolute Gasteiger partial charge is 0.490 e. The number of hydrogen-bond donors (Lipinski definition) is 3. The molecule has 0 aliphatic carbocycles. The van der Waals surface area contributed by atoms with Crippen LogP contribution in [0.2, 0.25) is 0 Å². The van der Waals surface area contributed by atoms with Gasteiger partial charge in [-0.1, -0.05) is 0 Å². The minimum Gasteiger partial charge on any atom is -0.506 e. The first-order valence-electron chi connectivity index (χ1n) is 8.51. The highest BCUT2D eigenvalue weighted by Gasteiger charge is 2.38. The highest BCUT2D eigenvalue weighted by molar-refractivity contribution is 5.88. The average molecular weight is 438 g/mol. The van der Waals surface area contributed by atoms with Crippen molar-refractivity contribution < 1.29 is 33.0 Å². The van der Waals surface area contributed by atoms with Crippen LogP contribution in [0, 0.1) is 13.8 Å². The van der Waals surface area contributed by atoms with Gasteiger partial charge in [-0.25, -0.2) is 14.5 Å². The van der Waals surface area contributed by atoms with Crippen LogP contribution in [0.5, 0.6) is 5.75 Å². The molecule has 0 bridgehead atoms. The van der Waals surface area contributed by atoms with E-state index in [9.17, 15) is 23.1 Å². The van der Waals surface area contributed by atoms with Crippen molar-refractivity contribution in [3.05, 3.63) is 42.0 Å². The molecule has 3 N–H and O–H groups in total. The molecule has 0 aliphatic heterocycles. The van der Waals surface area contributed by atoms with E-state index in [1.165, 1.54) is 19.2 Å². The second-order valence-corrected chi connectivity index (χ2v) is 6.19. The van der Waals surface area contributed by atoms with E-state index >= 15 is 0 Å². The van der Waals surface area contributed by atoms with Crippen molar-refractivity contribution in [3.63, 3.8) is 0 Å². The SMILES string of the molecule is CC(=O)Nc1cc(-c2cncc(O)c2)nc(-n2nc(C)cc2C)n1.O=C(O)C(F)(F)F. The minimum atomic E-state index is -5.08. The largest absolute Gasteiger partial charge is 0.506 e. The van der Waals surface area contributed by atoms with E-state index in [-0.39, 0.29) is 11.7 Å². The van der Waals surface area contributed by atoms with Gasteiger partial charge in [0.15, 0.2) is 0 Å². The Labute approximate surface area is 173 Å². The summed E-state index contributed by atoms with van der Waals surface area (Å²) in [5.41, 5.74) is 2.82. The molecule has 0 saturated carbocycles. The molecule has 1 amide bonds. The van der Waals surface area contributed by atoms with Crippen LogP contribution in [0.25, 0.3) is 17.2 Å². The molecule has 0 atom stereocenters. The number of rotatable bonds is 3. The van der Waals surface area contributed by atoms with Gasteiger partial charge >= 0.3 is 12.1 Å². The van der Waals surface area contributed by atoms with Gasteiger partial charge in [-0.3, -0.25) is 9.78 Å². The summed E-state index contributed by atoms with van der Waals surface area (Å²) in [5, 5.41) is 23.8. The third-order valence-corrected chi connectivity index (χ3v) is 3.48. The third-order valence-electron chi connectivity index (χ3n) is 3.48. The summed E-state index contributed by atoms with van der Waals surface area (Å²) in [4.78, 5) is 33.1. The topological polar surface area (TPSA) is 143 Å². The number of nitrogens with zero attached hydrogens (tertiary/aromatic N) is 5. The molecule has 0 saturated heterocycles. The monoisotopic (exact) mass is 438 g/mol. The fourth-order valence-corrected chi connectivity index (χ4v) is 2.32. The first kappa shape index (κ1) is 23.3.